The van der Waals surface area contributed by atoms with Crippen molar-refractivity contribution in [3.05, 3.63) is 48.0 Å². The highest BCUT2D eigenvalue weighted by molar-refractivity contribution is 5.98. The average molecular weight is 507 g/mol. The topological polar surface area (TPSA) is 122 Å². The lowest BCUT2D eigenvalue weighted by atomic mass is 10.0. The third-order valence-electron chi connectivity index (χ3n) is 4.96. The summed E-state index contributed by atoms with van der Waals surface area (Å²) in [6.07, 6.45) is 0.0491. The summed E-state index contributed by atoms with van der Waals surface area (Å²) in [7, 11) is 1.37. The molecule has 36 heavy (non-hydrogen) atoms. The van der Waals surface area contributed by atoms with Crippen LogP contribution in [-0.4, -0.2) is 55.0 Å². The Balaban J connectivity index is 2.09. The number of nitrogens with zero attached hydrogens (tertiary/aromatic N) is 1. The third kappa shape index (κ3) is 8.10. The largest absolute Gasteiger partial charge is 0.493 e. The maximum atomic E-state index is 13.5. The Kier molecular flexibility index (Phi) is 10.4. The van der Waals surface area contributed by atoms with E-state index in [0.29, 0.717) is 5.75 Å². The average Bonchev–Trinajstić information content (AvgIpc) is 2.81. The number of ether oxygens (including phenoxy) is 5. The molecule has 0 spiro atoms. The first-order valence-electron chi connectivity index (χ1n) is 11.3. The lowest BCUT2D eigenvalue weighted by Crippen LogP contribution is -2.45. The van der Waals surface area contributed by atoms with Crippen molar-refractivity contribution < 1.29 is 42.5 Å². The van der Waals surface area contributed by atoms with Gasteiger partial charge in [0.05, 0.1) is 7.11 Å². The van der Waals surface area contributed by atoms with Crippen molar-refractivity contribution in [3.8, 4) is 17.2 Å². The van der Waals surface area contributed by atoms with Crippen molar-refractivity contribution in [2.75, 3.05) is 13.9 Å². The maximum absolute atomic E-state index is 13.5. The zero-order valence-corrected chi connectivity index (χ0v) is 21.1. The van der Waals surface area contributed by atoms with E-state index < -0.39 is 48.7 Å². The van der Waals surface area contributed by atoms with Crippen LogP contribution in [0.3, 0.4) is 0 Å². The van der Waals surface area contributed by atoms with Gasteiger partial charge in [0.15, 0.2) is 17.2 Å². The summed E-state index contributed by atoms with van der Waals surface area (Å²) in [5.74, 6) is -2.18. The number of carbonyl (C=O) groups is 3. The summed E-state index contributed by atoms with van der Waals surface area (Å²) in [4.78, 5) is 40.7. The zero-order chi connectivity index (χ0) is 26.8. The van der Waals surface area contributed by atoms with E-state index in [1.54, 1.807) is 13.0 Å². The van der Waals surface area contributed by atoms with Gasteiger partial charge >= 0.3 is 11.9 Å². The molecule has 0 bridgehead atoms. The van der Waals surface area contributed by atoms with Crippen LogP contribution < -0.4 is 19.5 Å². The molecule has 11 heteroatoms. The second-order valence-corrected chi connectivity index (χ2v) is 8.21. The summed E-state index contributed by atoms with van der Waals surface area (Å²) < 4.78 is 40.2. The Morgan fingerprint density at radius 3 is 2.44 bits per heavy atom. The molecule has 2 rings (SSSR count). The van der Waals surface area contributed by atoms with Crippen LogP contribution in [0.15, 0.2) is 36.5 Å². The number of halogens is 1. The zero-order valence-electron chi connectivity index (χ0n) is 21.1. The van der Waals surface area contributed by atoms with Crippen LogP contribution in [0, 0.1) is 11.7 Å². The smallest absolute Gasteiger partial charge is 0.328 e. The SMILES string of the molecule is COc1ccnc(C(=O)N[C@@H](C)C(=O)O[C@H](C(C)C)[C@H](C)Oc2cccc(F)c2)c1OCOC(C)=O. The monoisotopic (exact) mass is 506 g/mol. The summed E-state index contributed by atoms with van der Waals surface area (Å²) >= 11 is 0. The standard InChI is InChI=1S/C25H31FN2O8/c1-14(2)22(16(4)35-19-9-7-8-18(26)12-19)36-25(31)15(3)28-24(30)21-23(34-13-33-17(5)29)20(32-6)10-11-27-21/h7-12,14-16,22H,13H2,1-6H3,(H,28,30)/t15-,16-,22+/m0/s1. The van der Waals surface area contributed by atoms with Crippen molar-refractivity contribution in [1.82, 2.24) is 10.3 Å². The first kappa shape index (κ1) is 28.3. The molecule has 0 aliphatic heterocycles. The fourth-order valence-electron chi connectivity index (χ4n) is 3.22. The minimum atomic E-state index is -1.06. The van der Waals surface area contributed by atoms with Crippen LogP contribution in [0.25, 0.3) is 0 Å². The molecule has 1 aromatic carbocycles. The number of methoxy groups -OCH3 is 1. The number of aromatic nitrogens is 1. The number of carbonyl (C=O) groups excluding carboxylic acids is 3. The van der Waals surface area contributed by atoms with Crippen LogP contribution in [0.1, 0.15) is 45.1 Å². The third-order valence-corrected chi connectivity index (χ3v) is 4.96. The maximum Gasteiger partial charge on any atom is 0.328 e. The molecule has 1 aromatic heterocycles. The predicted octanol–water partition coefficient (Wildman–Crippen LogP) is 3.28. The Morgan fingerprint density at radius 2 is 1.83 bits per heavy atom. The number of amides is 1. The lowest BCUT2D eigenvalue weighted by molar-refractivity contribution is -0.158. The fourth-order valence-corrected chi connectivity index (χ4v) is 3.22. The molecule has 0 aliphatic rings. The van der Waals surface area contributed by atoms with Crippen molar-refractivity contribution in [2.45, 2.75) is 52.9 Å². The van der Waals surface area contributed by atoms with Gasteiger partial charge in [-0.15, -0.1) is 0 Å². The summed E-state index contributed by atoms with van der Waals surface area (Å²) in [6, 6.07) is 6.05. The van der Waals surface area contributed by atoms with E-state index in [-0.39, 0.29) is 23.1 Å². The van der Waals surface area contributed by atoms with E-state index in [0.717, 1.165) is 0 Å². The first-order chi connectivity index (χ1) is 17.0. The van der Waals surface area contributed by atoms with E-state index in [9.17, 15) is 18.8 Å². The molecule has 1 N–H and O–H groups in total. The molecule has 1 heterocycles. The van der Waals surface area contributed by atoms with Gasteiger partial charge in [0.1, 0.15) is 29.8 Å². The minimum absolute atomic E-state index is 0.0588. The van der Waals surface area contributed by atoms with Gasteiger partial charge in [-0.3, -0.25) is 9.59 Å². The molecule has 1 amide bonds. The number of pyridine rings is 1. The minimum Gasteiger partial charge on any atom is -0.493 e. The van der Waals surface area contributed by atoms with Gasteiger partial charge < -0.3 is 29.0 Å². The highest BCUT2D eigenvalue weighted by Crippen LogP contribution is 2.29. The highest BCUT2D eigenvalue weighted by atomic mass is 19.1. The van der Waals surface area contributed by atoms with E-state index >= 15 is 0 Å². The van der Waals surface area contributed by atoms with E-state index in [1.165, 1.54) is 51.4 Å². The molecule has 0 fully saturated rings. The molecule has 0 unspecified atom stereocenters. The normalized spacial score (nSPS) is 13.2. The van der Waals surface area contributed by atoms with Crippen molar-refractivity contribution >= 4 is 17.8 Å². The number of benzene rings is 1. The van der Waals surface area contributed by atoms with E-state index in [1.807, 2.05) is 13.8 Å². The first-order valence-corrected chi connectivity index (χ1v) is 11.3. The second-order valence-electron chi connectivity index (χ2n) is 8.21. The van der Waals surface area contributed by atoms with E-state index in [4.69, 9.17) is 23.7 Å². The Bertz CT molecular complexity index is 1060. The lowest BCUT2D eigenvalue weighted by Gasteiger charge is -2.29. The van der Waals surface area contributed by atoms with E-state index in [2.05, 4.69) is 10.3 Å². The molecule has 0 saturated heterocycles. The van der Waals surface area contributed by atoms with Gasteiger partial charge in [0.25, 0.3) is 5.91 Å². The van der Waals surface area contributed by atoms with Crippen LogP contribution in [-0.2, 0) is 19.1 Å². The number of hydrogen-bond acceptors (Lipinski definition) is 9. The van der Waals surface area contributed by atoms with Crippen molar-refractivity contribution in [2.24, 2.45) is 5.92 Å². The molecular formula is C25H31FN2O8. The van der Waals surface area contributed by atoms with Crippen LogP contribution in [0.5, 0.6) is 17.2 Å². The van der Waals surface area contributed by atoms with Gasteiger partial charge in [-0.2, -0.15) is 0 Å². The summed E-state index contributed by atoms with van der Waals surface area (Å²) in [5, 5.41) is 2.52. The fraction of sp³-hybridized carbons (Fsp3) is 0.440. The molecule has 0 radical (unpaired) electrons. The number of esters is 2. The number of rotatable bonds is 12. The van der Waals surface area contributed by atoms with Gasteiger partial charge in [-0.25, -0.2) is 14.2 Å². The predicted molar refractivity (Wildman–Crippen MR) is 126 cm³/mol. The molecule has 3 atom stereocenters. The van der Waals surface area contributed by atoms with Gasteiger partial charge in [0, 0.05) is 25.3 Å². The Labute approximate surface area is 209 Å². The number of hydrogen-bond donors (Lipinski definition) is 1. The Morgan fingerprint density at radius 1 is 1.11 bits per heavy atom. The Hall–Kier alpha value is -3.89. The number of nitrogens with one attached hydrogen (secondary N) is 1. The molecular weight excluding hydrogens is 475 g/mol. The van der Waals surface area contributed by atoms with Gasteiger partial charge in [-0.1, -0.05) is 19.9 Å². The molecule has 0 aliphatic carbocycles. The van der Waals surface area contributed by atoms with Gasteiger partial charge in [-0.05, 0) is 31.9 Å². The van der Waals surface area contributed by atoms with Crippen molar-refractivity contribution in [3.63, 3.8) is 0 Å². The van der Waals surface area contributed by atoms with Crippen LogP contribution >= 0.6 is 0 Å². The van der Waals surface area contributed by atoms with Crippen LogP contribution in [0.4, 0.5) is 4.39 Å². The summed E-state index contributed by atoms with van der Waals surface area (Å²) in [6.45, 7) is 7.60. The molecule has 196 valence electrons. The van der Waals surface area contributed by atoms with Gasteiger partial charge in [0.2, 0.25) is 6.79 Å². The molecule has 0 saturated carbocycles. The summed E-state index contributed by atoms with van der Waals surface area (Å²) in [5.41, 5.74) is -0.177. The molecule has 2 aromatic rings. The highest BCUT2D eigenvalue weighted by Gasteiger charge is 2.30. The van der Waals surface area contributed by atoms with Crippen molar-refractivity contribution in [1.29, 1.82) is 0 Å². The molecule has 10 nitrogen and oxygen atoms in total. The second kappa shape index (κ2) is 13.3. The van der Waals surface area contributed by atoms with Crippen LogP contribution in [0.2, 0.25) is 0 Å². The quantitative estimate of drug-likeness (QED) is 0.341.